The van der Waals surface area contributed by atoms with Crippen molar-refractivity contribution in [2.75, 3.05) is 0 Å². The minimum atomic E-state index is -0.995. The number of carbonyl (C=O) groups excluding carboxylic acids is 1. The smallest absolute Gasteiger partial charge is 0.326 e. The van der Waals surface area contributed by atoms with Gasteiger partial charge >= 0.3 is 5.97 Å². The number of carboxylic acids is 1. The zero-order chi connectivity index (χ0) is 16.2. The van der Waals surface area contributed by atoms with E-state index in [-0.39, 0.29) is 18.7 Å². The van der Waals surface area contributed by atoms with Crippen LogP contribution in [0.15, 0.2) is 27.5 Å². The van der Waals surface area contributed by atoms with E-state index >= 15 is 0 Å². The van der Waals surface area contributed by atoms with E-state index in [1.165, 1.54) is 12.5 Å². The van der Waals surface area contributed by atoms with Gasteiger partial charge in [-0.15, -0.1) is 0 Å². The van der Waals surface area contributed by atoms with Crippen molar-refractivity contribution in [2.24, 2.45) is 5.92 Å². The Kier molecular flexibility index (Phi) is 4.40. The molecule has 0 saturated heterocycles. The van der Waals surface area contributed by atoms with Crippen LogP contribution in [0, 0.1) is 5.92 Å². The molecule has 2 heterocycles. The highest BCUT2D eigenvalue weighted by Gasteiger charge is 2.30. The minimum absolute atomic E-state index is 0.0987. The molecule has 0 radical (unpaired) electrons. The largest absolute Gasteiger partial charge is 0.480 e. The summed E-state index contributed by atoms with van der Waals surface area (Å²) in [5, 5.41) is 15.5. The van der Waals surface area contributed by atoms with Crippen LogP contribution in [-0.2, 0) is 16.0 Å². The summed E-state index contributed by atoms with van der Waals surface area (Å²) in [5.74, 6) is -0.187. The van der Waals surface area contributed by atoms with E-state index in [0.717, 1.165) is 12.8 Å². The number of carboxylic acid groups (broad SMARTS) is 1. The lowest BCUT2D eigenvalue weighted by Crippen LogP contribution is -2.41. The van der Waals surface area contributed by atoms with Crippen molar-refractivity contribution in [3.63, 3.8) is 0 Å². The molecule has 8 heteroatoms. The number of furan rings is 1. The van der Waals surface area contributed by atoms with Crippen LogP contribution in [0.4, 0.5) is 0 Å². The zero-order valence-electron chi connectivity index (χ0n) is 12.4. The summed E-state index contributed by atoms with van der Waals surface area (Å²) in [7, 11) is 0. The topological polar surface area (TPSA) is 118 Å². The summed E-state index contributed by atoms with van der Waals surface area (Å²) in [5.41, 5.74) is 0.694. The summed E-state index contributed by atoms with van der Waals surface area (Å²) in [6, 6.07) is 0.885. The predicted molar refractivity (Wildman–Crippen MR) is 77.2 cm³/mol. The highest BCUT2D eigenvalue weighted by molar-refractivity contribution is 5.83. The molecule has 0 aliphatic heterocycles. The standard InChI is InChI=1S/C15H17N3O5/c19-12(16-11(15(20)21)7-9-1-2-9)3-4-13-17-14(18-23-13)10-5-6-22-8-10/h5-6,8-9,11H,1-4,7H2,(H,16,19)(H,20,21). The van der Waals surface area contributed by atoms with Crippen LogP contribution in [0.2, 0.25) is 0 Å². The Morgan fingerprint density at radius 2 is 2.26 bits per heavy atom. The van der Waals surface area contributed by atoms with E-state index in [2.05, 4.69) is 15.5 Å². The number of rotatable bonds is 8. The fourth-order valence-electron chi connectivity index (χ4n) is 2.26. The lowest BCUT2D eigenvalue weighted by atomic mass is 10.1. The molecule has 1 aliphatic carbocycles. The Balaban J connectivity index is 1.49. The first kappa shape index (κ1) is 15.3. The van der Waals surface area contributed by atoms with E-state index < -0.39 is 12.0 Å². The SMILES string of the molecule is O=C(CCc1nc(-c2ccoc2)no1)NC(CC1CC1)C(=O)O. The van der Waals surface area contributed by atoms with Gasteiger partial charge in [-0.2, -0.15) is 4.98 Å². The normalized spacial score (nSPS) is 15.3. The summed E-state index contributed by atoms with van der Waals surface area (Å²) in [4.78, 5) is 27.2. The number of aromatic nitrogens is 2. The molecule has 2 aromatic heterocycles. The van der Waals surface area contributed by atoms with Crippen LogP contribution >= 0.6 is 0 Å². The number of carbonyl (C=O) groups is 2. The van der Waals surface area contributed by atoms with Crippen LogP contribution < -0.4 is 5.32 Å². The quantitative estimate of drug-likeness (QED) is 0.759. The minimum Gasteiger partial charge on any atom is -0.480 e. The molecule has 1 atom stereocenters. The molecule has 1 aliphatic rings. The number of hydrogen-bond acceptors (Lipinski definition) is 6. The van der Waals surface area contributed by atoms with Crippen molar-refractivity contribution in [1.82, 2.24) is 15.5 Å². The van der Waals surface area contributed by atoms with Gasteiger partial charge in [0.05, 0.1) is 11.8 Å². The van der Waals surface area contributed by atoms with Crippen molar-refractivity contribution < 1.29 is 23.6 Å². The van der Waals surface area contributed by atoms with Crippen LogP contribution in [0.1, 0.15) is 31.6 Å². The van der Waals surface area contributed by atoms with Crippen molar-refractivity contribution in [3.8, 4) is 11.4 Å². The van der Waals surface area contributed by atoms with Gasteiger partial charge in [-0.05, 0) is 18.4 Å². The van der Waals surface area contributed by atoms with E-state index in [4.69, 9.17) is 14.0 Å². The Morgan fingerprint density at radius 3 is 2.91 bits per heavy atom. The molecular weight excluding hydrogens is 302 g/mol. The third-order valence-corrected chi connectivity index (χ3v) is 3.71. The molecule has 0 aromatic carbocycles. The average molecular weight is 319 g/mol. The van der Waals surface area contributed by atoms with Gasteiger partial charge in [0.25, 0.3) is 0 Å². The number of nitrogens with zero attached hydrogens (tertiary/aromatic N) is 2. The second-order valence-corrected chi connectivity index (χ2v) is 5.66. The molecule has 23 heavy (non-hydrogen) atoms. The third-order valence-electron chi connectivity index (χ3n) is 3.71. The van der Waals surface area contributed by atoms with Gasteiger partial charge in [-0.3, -0.25) is 4.79 Å². The van der Waals surface area contributed by atoms with Crippen LogP contribution in [0.25, 0.3) is 11.4 Å². The zero-order valence-corrected chi connectivity index (χ0v) is 12.4. The first-order valence-corrected chi connectivity index (χ1v) is 7.49. The van der Waals surface area contributed by atoms with Crippen LogP contribution in [0.5, 0.6) is 0 Å². The van der Waals surface area contributed by atoms with E-state index in [0.29, 0.717) is 29.6 Å². The summed E-state index contributed by atoms with van der Waals surface area (Å²) < 4.78 is 10.0. The van der Waals surface area contributed by atoms with Gasteiger partial charge in [0.15, 0.2) is 0 Å². The molecule has 2 N–H and O–H groups in total. The number of hydrogen-bond donors (Lipinski definition) is 2. The van der Waals surface area contributed by atoms with Crippen molar-refractivity contribution in [2.45, 2.75) is 38.1 Å². The van der Waals surface area contributed by atoms with Crippen LogP contribution in [0.3, 0.4) is 0 Å². The van der Waals surface area contributed by atoms with Gasteiger partial charge in [0.1, 0.15) is 12.3 Å². The van der Waals surface area contributed by atoms with Gasteiger partial charge in [0.2, 0.25) is 17.6 Å². The summed E-state index contributed by atoms with van der Waals surface area (Å²) >= 11 is 0. The number of nitrogens with one attached hydrogen (secondary N) is 1. The molecule has 0 spiro atoms. The maximum absolute atomic E-state index is 11.9. The highest BCUT2D eigenvalue weighted by atomic mass is 16.5. The van der Waals surface area contributed by atoms with Crippen LogP contribution in [-0.4, -0.2) is 33.2 Å². The van der Waals surface area contributed by atoms with E-state index in [9.17, 15) is 9.59 Å². The van der Waals surface area contributed by atoms with Crippen molar-refractivity contribution in [1.29, 1.82) is 0 Å². The highest BCUT2D eigenvalue weighted by Crippen LogP contribution is 2.33. The lowest BCUT2D eigenvalue weighted by Gasteiger charge is -2.13. The number of amides is 1. The average Bonchev–Trinajstić information content (AvgIpc) is 3.02. The molecule has 2 aromatic rings. The summed E-state index contributed by atoms with van der Waals surface area (Å²) in [6.07, 6.45) is 5.93. The third kappa shape index (κ3) is 4.18. The van der Waals surface area contributed by atoms with Gasteiger partial charge < -0.3 is 19.4 Å². The second-order valence-electron chi connectivity index (χ2n) is 5.66. The fraction of sp³-hybridized carbons (Fsp3) is 0.467. The molecule has 1 unspecified atom stereocenters. The maximum atomic E-state index is 11.9. The fourth-order valence-corrected chi connectivity index (χ4v) is 2.26. The number of aliphatic carboxylic acids is 1. The molecule has 1 amide bonds. The summed E-state index contributed by atoms with van der Waals surface area (Å²) in [6.45, 7) is 0. The molecule has 8 nitrogen and oxygen atoms in total. The van der Waals surface area contributed by atoms with Crippen molar-refractivity contribution in [3.05, 3.63) is 24.5 Å². The molecular formula is C15H17N3O5. The second kappa shape index (κ2) is 6.64. The monoisotopic (exact) mass is 319 g/mol. The van der Waals surface area contributed by atoms with Gasteiger partial charge in [-0.25, -0.2) is 4.79 Å². The number of aryl methyl sites for hydroxylation is 1. The Morgan fingerprint density at radius 1 is 1.43 bits per heavy atom. The van der Waals surface area contributed by atoms with E-state index in [1.54, 1.807) is 6.07 Å². The Labute approximate surface area is 131 Å². The van der Waals surface area contributed by atoms with Gasteiger partial charge in [0, 0.05) is 12.8 Å². The van der Waals surface area contributed by atoms with Gasteiger partial charge in [-0.1, -0.05) is 18.0 Å². The maximum Gasteiger partial charge on any atom is 0.326 e. The first-order chi connectivity index (χ1) is 11.1. The lowest BCUT2D eigenvalue weighted by molar-refractivity contribution is -0.142. The Hall–Kier alpha value is -2.64. The first-order valence-electron chi connectivity index (χ1n) is 7.49. The molecule has 3 rings (SSSR count). The Bertz CT molecular complexity index is 675. The van der Waals surface area contributed by atoms with E-state index in [1.807, 2.05) is 0 Å². The molecule has 0 bridgehead atoms. The molecule has 1 fully saturated rings. The molecule has 1 saturated carbocycles. The predicted octanol–water partition coefficient (Wildman–Crippen LogP) is 1.63. The van der Waals surface area contributed by atoms with Crippen molar-refractivity contribution >= 4 is 11.9 Å². The molecule has 122 valence electrons.